The fourth-order valence-electron chi connectivity index (χ4n) is 4.00. The number of rotatable bonds is 7. The number of amides is 1. The summed E-state index contributed by atoms with van der Waals surface area (Å²) in [5.74, 6) is -1.24. The second-order valence-corrected chi connectivity index (χ2v) is 8.58. The fraction of sp³-hybridized carbons (Fsp3) is 0.320. The first kappa shape index (κ1) is 23.4. The molecule has 0 N–H and O–H groups in total. The lowest BCUT2D eigenvalue weighted by atomic mass is 10.1. The number of ether oxygens (including phenoxy) is 1. The molecule has 1 amide bonds. The Balaban J connectivity index is 1.42. The van der Waals surface area contributed by atoms with E-state index in [1.54, 1.807) is 12.1 Å². The standard InChI is InChI=1S/C25H26ClF2N3O2/c1-29-11-3-6-23(29)25(32)31-14-12-30(13-15-31)16-24(18-7-9-19(26)10-8-18)33-17-20-21(27)4-2-5-22(20)28/h2-11,24H,12-17H2,1H3. The van der Waals surface area contributed by atoms with Crippen molar-refractivity contribution in [2.75, 3.05) is 32.7 Å². The van der Waals surface area contributed by atoms with Gasteiger partial charge in [0.25, 0.3) is 5.91 Å². The van der Waals surface area contributed by atoms with Crippen LogP contribution in [0.15, 0.2) is 60.8 Å². The van der Waals surface area contributed by atoms with Crippen molar-refractivity contribution < 1.29 is 18.3 Å². The lowest BCUT2D eigenvalue weighted by Gasteiger charge is -2.36. The van der Waals surface area contributed by atoms with E-state index in [1.165, 1.54) is 18.2 Å². The maximum Gasteiger partial charge on any atom is 0.270 e. The first-order chi connectivity index (χ1) is 15.9. The number of aryl methyl sites for hydroxylation is 1. The van der Waals surface area contributed by atoms with Gasteiger partial charge >= 0.3 is 0 Å². The highest BCUT2D eigenvalue weighted by atomic mass is 35.5. The Bertz CT molecular complexity index is 1080. The van der Waals surface area contributed by atoms with Gasteiger partial charge < -0.3 is 14.2 Å². The Morgan fingerprint density at radius 3 is 2.27 bits per heavy atom. The molecule has 0 aliphatic carbocycles. The molecular formula is C25H26ClF2N3O2. The van der Waals surface area contributed by atoms with E-state index < -0.39 is 17.7 Å². The number of carbonyl (C=O) groups excluding carboxylic acids is 1. The van der Waals surface area contributed by atoms with E-state index in [9.17, 15) is 13.6 Å². The molecule has 174 valence electrons. The van der Waals surface area contributed by atoms with Crippen LogP contribution >= 0.6 is 11.6 Å². The van der Waals surface area contributed by atoms with Gasteiger partial charge in [-0.25, -0.2) is 8.78 Å². The quantitative estimate of drug-likeness (QED) is 0.500. The lowest BCUT2D eigenvalue weighted by molar-refractivity contribution is 0.00136. The molecule has 3 aromatic rings. The number of hydrogen-bond donors (Lipinski definition) is 0. The molecule has 8 heteroatoms. The predicted molar refractivity (Wildman–Crippen MR) is 123 cm³/mol. The van der Waals surface area contributed by atoms with Crippen LogP contribution in [0, 0.1) is 11.6 Å². The van der Waals surface area contributed by atoms with Gasteiger partial charge in [-0.15, -0.1) is 0 Å². The largest absolute Gasteiger partial charge is 0.367 e. The minimum absolute atomic E-state index is 0.0164. The number of hydrogen-bond acceptors (Lipinski definition) is 3. The summed E-state index contributed by atoms with van der Waals surface area (Å²) in [5, 5.41) is 0.602. The van der Waals surface area contributed by atoms with Gasteiger partial charge in [0.2, 0.25) is 0 Å². The molecular weight excluding hydrogens is 448 g/mol. The number of aromatic nitrogens is 1. The van der Waals surface area contributed by atoms with Crippen LogP contribution < -0.4 is 0 Å². The van der Waals surface area contributed by atoms with Crippen LogP contribution in [0.3, 0.4) is 0 Å². The number of nitrogens with zero attached hydrogens (tertiary/aromatic N) is 3. The third kappa shape index (κ3) is 5.61. The molecule has 2 aromatic carbocycles. The molecule has 1 fully saturated rings. The zero-order valence-corrected chi connectivity index (χ0v) is 19.1. The molecule has 0 radical (unpaired) electrons. The molecule has 0 saturated carbocycles. The minimum Gasteiger partial charge on any atom is -0.367 e. The van der Waals surface area contributed by atoms with Gasteiger partial charge in [0.15, 0.2) is 0 Å². The average Bonchev–Trinajstić information content (AvgIpc) is 3.24. The summed E-state index contributed by atoms with van der Waals surface area (Å²) >= 11 is 6.03. The minimum atomic E-state index is -0.627. The molecule has 5 nitrogen and oxygen atoms in total. The van der Waals surface area contributed by atoms with Crippen LogP contribution in [0.25, 0.3) is 0 Å². The summed E-state index contributed by atoms with van der Waals surface area (Å²) in [6.07, 6.45) is 1.45. The third-order valence-corrected chi connectivity index (χ3v) is 6.23. The zero-order chi connectivity index (χ0) is 23.4. The highest BCUT2D eigenvalue weighted by Crippen LogP contribution is 2.25. The molecule has 1 aliphatic rings. The van der Waals surface area contributed by atoms with Gasteiger partial charge in [-0.1, -0.05) is 29.8 Å². The summed E-state index contributed by atoms with van der Waals surface area (Å²) in [5.41, 5.74) is 1.45. The Morgan fingerprint density at radius 2 is 1.67 bits per heavy atom. The van der Waals surface area contributed by atoms with Gasteiger partial charge in [-0.3, -0.25) is 9.69 Å². The molecule has 1 aliphatic heterocycles. The van der Waals surface area contributed by atoms with Crippen LogP contribution in [0.4, 0.5) is 8.78 Å². The summed E-state index contributed by atoms with van der Waals surface area (Å²) in [4.78, 5) is 16.8. The first-order valence-corrected chi connectivity index (χ1v) is 11.2. The Kier molecular flexibility index (Phi) is 7.42. The maximum atomic E-state index is 14.1. The molecule has 1 unspecified atom stereocenters. The van der Waals surface area contributed by atoms with Crippen LogP contribution in [0.2, 0.25) is 5.02 Å². The van der Waals surface area contributed by atoms with Crippen molar-refractivity contribution in [1.82, 2.24) is 14.4 Å². The Labute approximate surface area is 197 Å². The molecule has 1 saturated heterocycles. The number of piperazine rings is 1. The van der Waals surface area contributed by atoms with E-state index in [2.05, 4.69) is 4.90 Å². The smallest absolute Gasteiger partial charge is 0.270 e. The van der Waals surface area contributed by atoms with Gasteiger partial charge in [0, 0.05) is 56.6 Å². The third-order valence-electron chi connectivity index (χ3n) is 5.98. The first-order valence-electron chi connectivity index (χ1n) is 10.9. The molecule has 33 heavy (non-hydrogen) atoms. The summed E-state index contributed by atoms with van der Waals surface area (Å²) in [6.45, 7) is 2.90. The second kappa shape index (κ2) is 10.5. The van der Waals surface area contributed by atoms with Crippen molar-refractivity contribution in [3.8, 4) is 0 Å². The van der Waals surface area contributed by atoms with Crippen molar-refractivity contribution in [3.05, 3.63) is 94.3 Å². The fourth-order valence-corrected chi connectivity index (χ4v) is 4.13. The highest BCUT2D eigenvalue weighted by molar-refractivity contribution is 6.30. The van der Waals surface area contributed by atoms with Crippen molar-refractivity contribution in [2.45, 2.75) is 12.7 Å². The number of benzene rings is 2. The summed E-state index contributed by atoms with van der Waals surface area (Å²) in [7, 11) is 1.86. The van der Waals surface area contributed by atoms with Gasteiger partial charge in [-0.05, 0) is 42.0 Å². The van der Waals surface area contributed by atoms with Gasteiger partial charge in [-0.2, -0.15) is 0 Å². The SMILES string of the molecule is Cn1cccc1C(=O)N1CCN(CC(OCc2c(F)cccc2F)c2ccc(Cl)cc2)CC1. The van der Waals surface area contributed by atoms with Crippen molar-refractivity contribution >= 4 is 17.5 Å². The lowest BCUT2D eigenvalue weighted by Crippen LogP contribution is -2.50. The molecule has 4 rings (SSSR count). The summed E-state index contributed by atoms with van der Waals surface area (Å²) < 4.78 is 36.0. The Hall–Kier alpha value is -2.74. The highest BCUT2D eigenvalue weighted by Gasteiger charge is 2.26. The van der Waals surface area contributed by atoms with E-state index in [1.807, 2.05) is 47.0 Å². The van der Waals surface area contributed by atoms with Crippen molar-refractivity contribution in [2.24, 2.45) is 7.05 Å². The maximum absolute atomic E-state index is 14.1. The number of carbonyl (C=O) groups is 1. The van der Waals surface area contributed by atoms with Crippen LogP contribution in [-0.2, 0) is 18.4 Å². The molecule has 1 atom stereocenters. The van der Waals surface area contributed by atoms with E-state index in [4.69, 9.17) is 16.3 Å². The van der Waals surface area contributed by atoms with Crippen LogP contribution in [0.1, 0.15) is 27.7 Å². The predicted octanol–water partition coefficient (Wildman–Crippen LogP) is 4.67. The van der Waals surface area contributed by atoms with Gasteiger partial charge in [0.05, 0.1) is 12.7 Å². The summed E-state index contributed by atoms with van der Waals surface area (Å²) in [6, 6.07) is 14.7. The molecule has 0 spiro atoms. The van der Waals surface area contributed by atoms with Crippen LogP contribution in [0.5, 0.6) is 0 Å². The van der Waals surface area contributed by atoms with Crippen molar-refractivity contribution in [1.29, 1.82) is 0 Å². The van der Waals surface area contributed by atoms with E-state index >= 15 is 0 Å². The topological polar surface area (TPSA) is 37.7 Å². The van der Waals surface area contributed by atoms with Gasteiger partial charge in [0.1, 0.15) is 17.3 Å². The normalized spacial score (nSPS) is 15.6. The molecule has 1 aromatic heterocycles. The zero-order valence-electron chi connectivity index (χ0n) is 18.4. The van der Waals surface area contributed by atoms with E-state index in [-0.39, 0.29) is 18.1 Å². The molecule has 2 heterocycles. The monoisotopic (exact) mass is 473 g/mol. The van der Waals surface area contributed by atoms with E-state index in [0.717, 1.165) is 5.56 Å². The number of halogens is 3. The second-order valence-electron chi connectivity index (χ2n) is 8.15. The van der Waals surface area contributed by atoms with Crippen LogP contribution in [-0.4, -0.2) is 53.0 Å². The molecule has 0 bridgehead atoms. The van der Waals surface area contributed by atoms with Crippen molar-refractivity contribution in [3.63, 3.8) is 0 Å². The van der Waals surface area contributed by atoms with E-state index in [0.29, 0.717) is 43.4 Å². The average molecular weight is 474 g/mol. The Morgan fingerprint density at radius 1 is 1.00 bits per heavy atom.